The molecule has 5 heteroatoms. The smallest absolute Gasteiger partial charge is 0.251 e. The molecule has 0 bridgehead atoms. The van der Waals surface area contributed by atoms with Gasteiger partial charge in [0.2, 0.25) is 0 Å². The van der Waals surface area contributed by atoms with E-state index in [-0.39, 0.29) is 5.91 Å². The fraction of sp³-hybridized carbons (Fsp3) is 0.318. The van der Waals surface area contributed by atoms with Crippen molar-refractivity contribution in [3.8, 4) is 11.5 Å². The highest BCUT2D eigenvalue weighted by atomic mass is 16.5. The Balaban J connectivity index is 1.91. The summed E-state index contributed by atoms with van der Waals surface area (Å²) in [5.41, 5.74) is 3.86. The lowest BCUT2D eigenvalue weighted by Crippen LogP contribution is -2.22. The Bertz CT molecular complexity index is 770. The number of hydrogen-bond donors (Lipinski definition) is 2. The van der Waals surface area contributed by atoms with E-state index >= 15 is 0 Å². The maximum absolute atomic E-state index is 11.8. The van der Waals surface area contributed by atoms with Gasteiger partial charge in [-0.15, -0.1) is 0 Å². The van der Waals surface area contributed by atoms with E-state index in [9.17, 15) is 4.79 Å². The summed E-state index contributed by atoms with van der Waals surface area (Å²) in [4.78, 5) is 11.8. The molecule has 5 nitrogen and oxygen atoms in total. The second-order valence-electron chi connectivity index (χ2n) is 6.39. The number of carbonyl (C=O) groups excluding carboxylic acids is 1. The molecule has 2 N–H and O–H groups in total. The van der Waals surface area contributed by atoms with Gasteiger partial charge < -0.3 is 20.1 Å². The Morgan fingerprint density at radius 2 is 1.70 bits per heavy atom. The zero-order chi connectivity index (χ0) is 19.6. The van der Waals surface area contributed by atoms with Gasteiger partial charge in [0, 0.05) is 25.2 Å². The highest BCUT2D eigenvalue weighted by Gasteiger charge is 2.07. The number of methoxy groups -OCH3 is 1. The minimum atomic E-state index is -0.0440. The van der Waals surface area contributed by atoms with E-state index in [0.29, 0.717) is 43.3 Å². The Kier molecular flexibility index (Phi) is 7.89. The molecule has 0 spiro atoms. The Hall–Kier alpha value is -2.79. The molecule has 0 fully saturated rings. The zero-order valence-electron chi connectivity index (χ0n) is 16.3. The second-order valence-corrected chi connectivity index (χ2v) is 6.39. The van der Waals surface area contributed by atoms with Gasteiger partial charge in [-0.25, -0.2) is 0 Å². The van der Waals surface area contributed by atoms with Crippen molar-refractivity contribution in [2.45, 2.75) is 26.9 Å². The Morgan fingerprint density at radius 1 is 1.04 bits per heavy atom. The number of amides is 1. The molecule has 0 atom stereocenters. The lowest BCUT2D eigenvalue weighted by atomic mass is 10.1. The molecule has 0 aliphatic carbocycles. The fourth-order valence-electron chi connectivity index (χ4n) is 2.53. The molecule has 0 aliphatic rings. The van der Waals surface area contributed by atoms with Crippen molar-refractivity contribution >= 4 is 5.91 Å². The molecule has 0 aromatic heterocycles. The summed E-state index contributed by atoms with van der Waals surface area (Å²) < 4.78 is 11.1. The van der Waals surface area contributed by atoms with Crippen molar-refractivity contribution in [3.05, 3.63) is 71.3 Å². The van der Waals surface area contributed by atoms with E-state index in [1.165, 1.54) is 0 Å². The van der Waals surface area contributed by atoms with Crippen LogP contribution in [0.4, 0.5) is 0 Å². The summed E-state index contributed by atoms with van der Waals surface area (Å²) in [5.74, 6) is 1.38. The number of benzene rings is 2. The van der Waals surface area contributed by atoms with Crippen LogP contribution in [0.3, 0.4) is 0 Å². The van der Waals surface area contributed by atoms with Crippen LogP contribution in [0.1, 0.15) is 35.3 Å². The van der Waals surface area contributed by atoms with Crippen LogP contribution < -0.4 is 20.1 Å². The molecule has 0 heterocycles. The molecular weight excluding hydrogens is 340 g/mol. The molecule has 0 unspecified atom stereocenters. The molecular formula is C22H28N2O3. The predicted molar refractivity (Wildman–Crippen MR) is 108 cm³/mol. The molecule has 2 rings (SSSR count). The first-order valence-electron chi connectivity index (χ1n) is 9.05. The zero-order valence-corrected chi connectivity index (χ0v) is 16.3. The highest BCUT2D eigenvalue weighted by molar-refractivity contribution is 5.94. The van der Waals surface area contributed by atoms with Crippen LogP contribution in [0.5, 0.6) is 11.5 Å². The van der Waals surface area contributed by atoms with Gasteiger partial charge >= 0.3 is 0 Å². The SMILES string of the molecule is C=C(C)COc1cc(CNCc2ccc(C(=O)NCC)cc2)ccc1OC. The lowest BCUT2D eigenvalue weighted by molar-refractivity contribution is 0.0956. The van der Waals surface area contributed by atoms with Crippen LogP contribution in [-0.2, 0) is 13.1 Å². The average molecular weight is 368 g/mol. The number of rotatable bonds is 10. The molecule has 0 saturated carbocycles. The average Bonchev–Trinajstić information content (AvgIpc) is 2.67. The van der Waals surface area contributed by atoms with Gasteiger partial charge in [-0.2, -0.15) is 0 Å². The largest absolute Gasteiger partial charge is 0.493 e. The van der Waals surface area contributed by atoms with Crippen molar-refractivity contribution in [1.82, 2.24) is 10.6 Å². The van der Waals surface area contributed by atoms with Crippen molar-refractivity contribution in [3.63, 3.8) is 0 Å². The van der Waals surface area contributed by atoms with E-state index < -0.39 is 0 Å². The van der Waals surface area contributed by atoms with Crippen LogP contribution >= 0.6 is 0 Å². The minimum absolute atomic E-state index is 0.0440. The third-order valence-electron chi connectivity index (χ3n) is 3.91. The van der Waals surface area contributed by atoms with Crippen LogP contribution in [0.25, 0.3) is 0 Å². The van der Waals surface area contributed by atoms with Gasteiger partial charge in [0.1, 0.15) is 6.61 Å². The van der Waals surface area contributed by atoms with Crippen molar-refractivity contribution in [1.29, 1.82) is 0 Å². The molecule has 2 aromatic carbocycles. The summed E-state index contributed by atoms with van der Waals surface area (Å²) in [7, 11) is 1.63. The molecule has 0 aliphatic heterocycles. The van der Waals surface area contributed by atoms with Crippen molar-refractivity contribution in [2.75, 3.05) is 20.3 Å². The second kappa shape index (κ2) is 10.4. The summed E-state index contributed by atoms with van der Waals surface area (Å²) in [6.45, 7) is 10.2. The van der Waals surface area contributed by atoms with Crippen LogP contribution in [-0.4, -0.2) is 26.2 Å². The van der Waals surface area contributed by atoms with Crippen LogP contribution in [0.15, 0.2) is 54.6 Å². The highest BCUT2D eigenvalue weighted by Crippen LogP contribution is 2.28. The number of carbonyl (C=O) groups is 1. The molecule has 1 amide bonds. The Labute approximate surface area is 161 Å². The van der Waals surface area contributed by atoms with E-state index in [0.717, 1.165) is 16.7 Å². The standard InChI is InChI=1S/C22H28N2O3/c1-5-24-22(25)19-9-6-17(7-10-19)13-23-14-18-8-11-20(26-4)21(12-18)27-15-16(2)3/h6-12,23H,2,5,13-15H2,1,3-4H3,(H,24,25). The number of hydrogen-bond acceptors (Lipinski definition) is 4. The first-order valence-corrected chi connectivity index (χ1v) is 9.05. The maximum atomic E-state index is 11.8. The monoisotopic (exact) mass is 368 g/mol. The third kappa shape index (κ3) is 6.46. The molecule has 0 saturated heterocycles. The van der Waals surface area contributed by atoms with Gasteiger partial charge in [-0.05, 0) is 54.8 Å². The van der Waals surface area contributed by atoms with Crippen molar-refractivity contribution < 1.29 is 14.3 Å². The summed E-state index contributed by atoms with van der Waals surface area (Å²) >= 11 is 0. The van der Waals surface area contributed by atoms with Gasteiger partial charge in [0.25, 0.3) is 5.91 Å². The van der Waals surface area contributed by atoms with E-state index in [1.807, 2.05) is 56.3 Å². The minimum Gasteiger partial charge on any atom is -0.493 e. The van der Waals surface area contributed by atoms with Gasteiger partial charge in [0.05, 0.1) is 7.11 Å². The normalized spacial score (nSPS) is 10.3. The summed E-state index contributed by atoms with van der Waals surface area (Å²) in [6, 6.07) is 13.5. The first-order chi connectivity index (χ1) is 13.0. The van der Waals surface area contributed by atoms with Gasteiger partial charge in [0.15, 0.2) is 11.5 Å². The van der Waals surface area contributed by atoms with Crippen LogP contribution in [0.2, 0.25) is 0 Å². The van der Waals surface area contributed by atoms with Crippen LogP contribution in [0, 0.1) is 0 Å². The van der Waals surface area contributed by atoms with Crippen molar-refractivity contribution in [2.24, 2.45) is 0 Å². The summed E-state index contributed by atoms with van der Waals surface area (Å²) in [6.07, 6.45) is 0. The quantitative estimate of drug-likeness (QED) is 0.628. The summed E-state index contributed by atoms with van der Waals surface area (Å²) in [5, 5.41) is 6.20. The maximum Gasteiger partial charge on any atom is 0.251 e. The molecule has 144 valence electrons. The van der Waals surface area contributed by atoms with E-state index in [4.69, 9.17) is 9.47 Å². The molecule has 0 radical (unpaired) electrons. The molecule has 27 heavy (non-hydrogen) atoms. The molecule has 2 aromatic rings. The Morgan fingerprint density at radius 3 is 2.33 bits per heavy atom. The van der Waals surface area contributed by atoms with E-state index in [2.05, 4.69) is 17.2 Å². The predicted octanol–water partition coefficient (Wildman–Crippen LogP) is 3.69. The fourth-order valence-corrected chi connectivity index (χ4v) is 2.53. The third-order valence-corrected chi connectivity index (χ3v) is 3.91. The lowest BCUT2D eigenvalue weighted by Gasteiger charge is -2.13. The van der Waals surface area contributed by atoms with E-state index in [1.54, 1.807) is 7.11 Å². The van der Waals surface area contributed by atoms with Gasteiger partial charge in [-0.1, -0.05) is 24.8 Å². The number of nitrogens with one attached hydrogen (secondary N) is 2. The topological polar surface area (TPSA) is 59.6 Å². The first kappa shape index (κ1) is 20.5. The van der Waals surface area contributed by atoms with Gasteiger partial charge in [-0.3, -0.25) is 4.79 Å². The number of ether oxygens (including phenoxy) is 2.